The molecule has 0 saturated carbocycles. The highest BCUT2D eigenvalue weighted by atomic mass is 16.5. The number of nitrogens with zero attached hydrogens (tertiary/aromatic N) is 2. The van der Waals surface area contributed by atoms with Crippen molar-refractivity contribution in [3.8, 4) is 0 Å². The lowest BCUT2D eigenvalue weighted by molar-refractivity contribution is 0.122. The van der Waals surface area contributed by atoms with Crippen molar-refractivity contribution in [1.82, 2.24) is 15.3 Å². The zero-order chi connectivity index (χ0) is 17.8. The quantitative estimate of drug-likeness (QED) is 0.675. The third kappa shape index (κ3) is 3.78. The normalized spacial score (nSPS) is 14.4. The topological polar surface area (TPSA) is 82.3 Å². The lowest BCUT2D eigenvalue weighted by atomic mass is 10.2. The summed E-state index contributed by atoms with van der Waals surface area (Å²) in [6, 6.07) is 11.4. The highest BCUT2D eigenvalue weighted by Gasteiger charge is 2.12. The van der Waals surface area contributed by atoms with E-state index >= 15 is 0 Å². The van der Waals surface area contributed by atoms with E-state index in [2.05, 4.69) is 25.5 Å². The van der Waals surface area contributed by atoms with Gasteiger partial charge in [-0.3, -0.25) is 0 Å². The maximum absolute atomic E-state index is 12.2. The highest BCUT2D eigenvalue weighted by molar-refractivity contribution is 5.92. The lowest BCUT2D eigenvalue weighted by Gasteiger charge is -2.28. The Morgan fingerprint density at radius 3 is 2.96 bits per heavy atom. The Morgan fingerprint density at radius 1 is 1.19 bits per heavy atom. The molecule has 3 N–H and O–H groups in total. The number of nitrogens with one attached hydrogen (secondary N) is 3. The molecule has 0 spiro atoms. The molecule has 26 heavy (non-hydrogen) atoms. The van der Waals surface area contributed by atoms with Crippen LogP contribution in [0.3, 0.4) is 0 Å². The number of aromatic amines is 1. The van der Waals surface area contributed by atoms with Crippen LogP contribution in [0, 0.1) is 0 Å². The van der Waals surface area contributed by atoms with Gasteiger partial charge in [0.1, 0.15) is 5.82 Å². The Bertz CT molecular complexity index is 902. The Kier molecular flexibility index (Phi) is 4.70. The van der Waals surface area contributed by atoms with Crippen molar-refractivity contribution in [2.45, 2.75) is 6.54 Å². The van der Waals surface area contributed by atoms with Crippen LogP contribution in [0.15, 0.2) is 48.8 Å². The van der Waals surface area contributed by atoms with Gasteiger partial charge in [-0.2, -0.15) is 0 Å². The standard InChI is InChI=1S/C19H21N5O2/c25-19(23-16-1-2-17-15(12-16)4-6-20-17)22-13-14-3-5-21-18(11-14)24-7-9-26-10-8-24/h1-6,11-12,20H,7-10,13H2,(H2,22,23,25). The molecule has 3 aromatic rings. The molecular weight excluding hydrogens is 330 g/mol. The molecule has 0 aliphatic carbocycles. The van der Waals surface area contributed by atoms with E-state index in [1.807, 2.05) is 42.6 Å². The van der Waals surface area contributed by atoms with Gasteiger partial charge in [0.15, 0.2) is 0 Å². The van der Waals surface area contributed by atoms with Crippen molar-refractivity contribution in [1.29, 1.82) is 0 Å². The van der Waals surface area contributed by atoms with E-state index in [4.69, 9.17) is 4.74 Å². The minimum absolute atomic E-state index is 0.232. The van der Waals surface area contributed by atoms with Crippen LogP contribution >= 0.6 is 0 Å². The summed E-state index contributed by atoms with van der Waals surface area (Å²) >= 11 is 0. The molecule has 1 saturated heterocycles. The second-order valence-corrected chi connectivity index (χ2v) is 6.21. The van der Waals surface area contributed by atoms with Crippen LogP contribution in [-0.4, -0.2) is 42.3 Å². The summed E-state index contributed by atoms with van der Waals surface area (Å²) in [5.74, 6) is 0.922. The Hall–Kier alpha value is -3.06. The largest absolute Gasteiger partial charge is 0.378 e. The maximum atomic E-state index is 12.2. The van der Waals surface area contributed by atoms with E-state index in [0.29, 0.717) is 6.54 Å². The molecule has 1 fully saturated rings. The summed E-state index contributed by atoms with van der Waals surface area (Å²) in [6.45, 7) is 3.56. The summed E-state index contributed by atoms with van der Waals surface area (Å²) < 4.78 is 5.37. The number of morpholine rings is 1. The first kappa shape index (κ1) is 16.4. The second-order valence-electron chi connectivity index (χ2n) is 6.21. The number of aromatic nitrogens is 2. The summed E-state index contributed by atoms with van der Waals surface area (Å²) in [5.41, 5.74) is 2.82. The Balaban J connectivity index is 1.35. The van der Waals surface area contributed by atoms with E-state index < -0.39 is 0 Å². The number of rotatable bonds is 4. The first-order chi connectivity index (χ1) is 12.8. The number of benzene rings is 1. The fourth-order valence-corrected chi connectivity index (χ4v) is 3.02. The number of ether oxygens (including phenoxy) is 1. The number of amides is 2. The molecule has 7 nitrogen and oxygen atoms in total. The van der Waals surface area contributed by atoms with Crippen LogP contribution < -0.4 is 15.5 Å². The molecular formula is C19H21N5O2. The second kappa shape index (κ2) is 7.45. The van der Waals surface area contributed by atoms with Crippen LogP contribution in [0.5, 0.6) is 0 Å². The predicted molar refractivity (Wildman–Crippen MR) is 101 cm³/mol. The van der Waals surface area contributed by atoms with Gasteiger partial charge >= 0.3 is 6.03 Å². The van der Waals surface area contributed by atoms with Crippen LogP contribution in [0.1, 0.15) is 5.56 Å². The molecule has 1 aliphatic rings. The smallest absolute Gasteiger partial charge is 0.319 e. The van der Waals surface area contributed by atoms with Gasteiger partial charge in [-0.05, 0) is 42.0 Å². The monoisotopic (exact) mass is 351 g/mol. The van der Waals surface area contributed by atoms with Crippen LogP contribution in [0.25, 0.3) is 10.9 Å². The van der Waals surface area contributed by atoms with E-state index in [-0.39, 0.29) is 6.03 Å². The van der Waals surface area contributed by atoms with Crippen molar-refractivity contribution in [2.75, 3.05) is 36.5 Å². The molecule has 0 bridgehead atoms. The number of urea groups is 1. The van der Waals surface area contributed by atoms with Gasteiger partial charge in [-0.15, -0.1) is 0 Å². The van der Waals surface area contributed by atoms with Gasteiger partial charge in [0.25, 0.3) is 0 Å². The molecule has 0 radical (unpaired) electrons. The van der Waals surface area contributed by atoms with Gasteiger partial charge < -0.3 is 25.3 Å². The predicted octanol–water partition coefficient (Wildman–Crippen LogP) is 2.72. The van der Waals surface area contributed by atoms with Gasteiger partial charge in [-0.1, -0.05) is 0 Å². The summed E-state index contributed by atoms with van der Waals surface area (Å²) in [7, 11) is 0. The molecule has 1 aliphatic heterocycles. The van der Waals surface area contributed by atoms with E-state index in [9.17, 15) is 4.79 Å². The first-order valence-corrected chi connectivity index (χ1v) is 8.67. The highest BCUT2D eigenvalue weighted by Crippen LogP contribution is 2.18. The number of carbonyl (C=O) groups is 1. The zero-order valence-corrected chi connectivity index (χ0v) is 14.4. The molecule has 2 amide bonds. The first-order valence-electron chi connectivity index (χ1n) is 8.67. The third-order valence-electron chi connectivity index (χ3n) is 4.41. The fourth-order valence-electron chi connectivity index (χ4n) is 3.02. The van der Waals surface area contributed by atoms with Crippen molar-refractivity contribution in [3.05, 3.63) is 54.4 Å². The van der Waals surface area contributed by atoms with Crippen molar-refractivity contribution in [3.63, 3.8) is 0 Å². The lowest BCUT2D eigenvalue weighted by Crippen LogP contribution is -2.36. The summed E-state index contributed by atoms with van der Waals surface area (Å²) in [6.07, 6.45) is 3.66. The molecule has 1 aromatic carbocycles. The molecule has 4 rings (SSSR count). The molecule has 3 heterocycles. The van der Waals surface area contributed by atoms with Gasteiger partial charge in [0, 0.05) is 48.6 Å². The van der Waals surface area contributed by atoms with Crippen molar-refractivity contribution < 1.29 is 9.53 Å². The molecule has 7 heteroatoms. The number of anilines is 2. The minimum Gasteiger partial charge on any atom is -0.378 e. The molecule has 0 unspecified atom stereocenters. The number of H-pyrrole nitrogens is 1. The zero-order valence-electron chi connectivity index (χ0n) is 14.4. The van der Waals surface area contributed by atoms with E-state index in [1.165, 1.54) is 0 Å². The van der Waals surface area contributed by atoms with Gasteiger partial charge in [0.05, 0.1) is 13.2 Å². The van der Waals surface area contributed by atoms with Crippen LogP contribution in [0.2, 0.25) is 0 Å². The molecule has 2 aromatic heterocycles. The molecule has 134 valence electrons. The number of hydrogen-bond donors (Lipinski definition) is 3. The Labute approximate surface area is 151 Å². The van der Waals surface area contributed by atoms with Crippen LogP contribution in [0.4, 0.5) is 16.3 Å². The van der Waals surface area contributed by atoms with E-state index in [1.54, 1.807) is 6.20 Å². The van der Waals surface area contributed by atoms with Crippen LogP contribution in [-0.2, 0) is 11.3 Å². The maximum Gasteiger partial charge on any atom is 0.319 e. The summed E-state index contributed by atoms with van der Waals surface area (Å²) in [5, 5.41) is 6.82. The minimum atomic E-state index is -0.232. The SMILES string of the molecule is O=C(NCc1ccnc(N2CCOCC2)c1)Nc1ccc2[nH]ccc2c1. The number of fused-ring (bicyclic) bond motifs is 1. The molecule has 0 atom stereocenters. The van der Waals surface area contributed by atoms with Gasteiger partial charge in [-0.25, -0.2) is 9.78 Å². The Morgan fingerprint density at radius 2 is 2.08 bits per heavy atom. The number of carbonyl (C=O) groups excluding carboxylic acids is 1. The van der Waals surface area contributed by atoms with Crippen molar-refractivity contribution >= 4 is 28.4 Å². The van der Waals surface area contributed by atoms with Gasteiger partial charge in [0.2, 0.25) is 0 Å². The average molecular weight is 351 g/mol. The third-order valence-corrected chi connectivity index (χ3v) is 4.41. The average Bonchev–Trinajstić information content (AvgIpc) is 3.15. The van der Waals surface area contributed by atoms with E-state index in [0.717, 1.165) is 54.3 Å². The fraction of sp³-hybridized carbons (Fsp3) is 0.263. The number of hydrogen-bond acceptors (Lipinski definition) is 4. The summed E-state index contributed by atoms with van der Waals surface area (Å²) in [4.78, 5) is 21.9. The number of pyridine rings is 1. The van der Waals surface area contributed by atoms with Crippen molar-refractivity contribution in [2.24, 2.45) is 0 Å².